The average Bonchev–Trinajstić information content (AvgIpc) is 3.18. The number of carboxylic acids is 1. The van der Waals surface area contributed by atoms with E-state index in [1.807, 2.05) is 0 Å². The number of carboxylic acid groups (broad SMARTS) is 1. The van der Waals surface area contributed by atoms with Gasteiger partial charge < -0.3 is 19.3 Å². The molecule has 0 bridgehead atoms. The third-order valence-electron chi connectivity index (χ3n) is 3.38. The molecule has 0 amide bonds. The van der Waals surface area contributed by atoms with Crippen molar-refractivity contribution >= 4 is 5.97 Å². The SMILES string of the molecule is COc1ccc(C2(C(=O)O)CC2)c(OC)c1OC. The van der Waals surface area contributed by atoms with E-state index in [4.69, 9.17) is 14.2 Å². The van der Waals surface area contributed by atoms with E-state index in [0.717, 1.165) is 0 Å². The van der Waals surface area contributed by atoms with Crippen molar-refractivity contribution in [1.82, 2.24) is 0 Å². The van der Waals surface area contributed by atoms with Crippen molar-refractivity contribution in [2.24, 2.45) is 0 Å². The van der Waals surface area contributed by atoms with E-state index in [9.17, 15) is 9.90 Å². The molecule has 0 aliphatic heterocycles. The summed E-state index contributed by atoms with van der Waals surface area (Å²) in [6.45, 7) is 0. The van der Waals surface area contributed by atoms with E-state index in [2.05, 4.69) is 0 Å². The Labute approximate surface area is 105 Å². The normalized spacial score (nSPS) is 15.9. The van der Waals surface area contributed by atoms with Crippen molar-refractivity contribution in [1.29, 1.82) is 0 Å². The Morgan fingerprint density at radius 2 is 1.72 bits per heavy atom. The van der Waals surface area contributed by atoms with Crippen LogP contribution in [0.3, 0.4) is 0 Å². The zero-order valence-electron chi connectivity index (χ0n) is 10.6. The van der Waals surface area contributed by atoms with E-state index in [1.165, 1.54) is 21.3 Å². The Morgan fingerprint density at radius 3 is 2.11 bits per heavy atom. The van der Waals surface area contributed by atoms with Crippen LogP contribution in [0.15, 0.2) is 12.1 Å². The summed E-state index contributed by atoms with van der Waals surface area (Å²) < 4.78 is 15.8. The van der Waals surface area contributed by atoms with E-state index >= 15 is 0 Å². The van der Waals surface area contributed by atoms with Crippen LogP contribution in [0.4, 0.5) is 0 Å². The average molecular weight is 252 g/mol. The summed E-state index contributed by atoms with van der Waals surface area (Å²) in [5, 5.41) is 9.34. The first-order chi connectivity index (χ1) is 8.60. The van der Waals surface area contributed by atoms with E-state index in [1.54, 1.807) is 12.1 Å². The molecule has 1 aromatic rings. The molecule has 18 heavy (non-hydrogen) atoms. The van der Waals surface area contributed by atoms with E-state index in [-0.39, 0.29) is 0 Å². The third-order valence-corrected chi connectivity index (χ3v) is 3.38. The van der Waals surface area contributed by atoms with E-state index < -0.39 is 11.4 Å². The summed E-state index contributed by atoms with van der Waals surface area (Å²) in [6.07, 6.45) is 1.24. The molecule has 0 aromatic heterocycles. The maximum Gasteiger partial charge on any atom is 0.314 e. The smallest absolute Gasteiger partial charge is 0.314 e. The summed E-state index contributed by atoms with van der Waals surface area (Å²) >= 11 is 0. The van der Waals surface area contributed by atoms with Gasteiger partial charge in [-0.05, 0) is 18.9 Å². The molecule has 1 aliphatic rings. The molecule has 2 rings (SSSR count). The molecule has 5 nitrogen and oxygen atoms in total. The van der Waals surface area contributed by atoms with Crippen LogP contribution in [-0.2, 0) is 10.2 Å². The highest BCUT2D eigenvalue weighted by Crippen LogP contribution is 2.55. The number of hydrogen-bond donors (Lipinski definition) is 1. The van der Waals surface area contributed by atoms with Gasteiger partial charge in [0.25, 0.3) is 0 Å². The fraction of sp³-hybridized carbons (Fsp3) is 0.462. The highest BCUT2D eigenvalue weighted by molar-refractivity contribution is 5.86. The van der Waals surface area contributed by atoms with Crippen LogP contribution in [0.2, 0.25) is 0 Å². The zero-order chi connectivity index (χ0) is 13.3. The first-order valence-electron chi connectivity index (χ1n) is 5.63. The van der Waals surface area contributed by atoms with Gasteiger partial charge in [-0.1, -0.05) is 6.07 Å². The lowest BCUT2D eigenvalue weighted by molar-refractivity contribution is -0.140. The fourth-order valence-corrected chi connectivity index (χ4v) is 2.20. The van der Waals surface area contributed by atoms with Crippen LogP contribution in [0.1, 0.15) is 18.4 Å². The van der Waals surface area contributed by atoms with Gasteiger partial charge in [0, 0.05) is 5.56 Å². The number of methoxy groups -OCH3 is 3. The van der Waals surface area contributed by atoms with Crippen molar-refractivity contribution in [3.8, 4) is 17.2 Å². The Morgan fingerprint density at radius 1 is 1.11 bits per heavy atom. The number of aliphatic carboxylic acids is 1. The number of carbonyl (C=O) groups is 1. The van der Waals surface area contributed by atoms with Crippen LogP contribution in [0.25, 0.3) is 0 Å². The summed E-state index contributed by atoms with van der Waals surface area (Å²) in [4.78, 5) is 11.4. The summed E-state index contributed by atoms with van der Waals surface area (Å²) in [5.41, 5.74) is -0.180. The van der Waals surface area contributed by atoms with Gasteiger partial charge in [0.15, 0.2) is 11.5 Å². The molecule has 0 atom stereocenters. The second-order valence-electron chi connectivity index (χ2n) is 4.27. The molecule has 1 aliphatic carbocycles. The Bertz CT molecular complexity index is 477. The molecule has 0 unspecified atom stereocenters. The molecule has 1 N–H and O–H groups in total. The second kappa shape index (κ2) is 4.40. The third kappa shape index (κ3) is 1.66. The van der Waals surface area contributed by atoms with Crippen LogP contribution >= 0.6 is 0 Å². The first-order valence-corrected chi connectivity index (χ1v) is 5.63. The molecule has 1 saturated carbocycles. The van der Waals surface area contributed by atoms with Gasteiger partial charge in [0.05, 0.1) is 26.7 Å². The molecule has 98 valence electrons. The van der Waals surface area contributed by atoms with Gasteiger partial charge >= 0.3 is 5.97 Å². The largest absolute Gasteiger partial charge is 0.493 e. The van der Waals surface area contributed by atoms with Crippen LogP contribution in [0.5, 0.6) is 17.2 Å². The van der Waals surface area contributed by atoms with Gasteiger partial charge in [-0.2, -0.15) is 0 Å². The predicted molar refractivity (Wildman–Crippen MR) is 64.6 cm³/mol. The fourth-order valence-electron chi connectivity index (χ4n) is 2.20. The van der Waals surface area contributed by atoms with E-state index in [0.29, 0.717) is 35.7 Å². The van der Waals surface area contributed by atoms with Crippen LogP contribution in [-0.4, -0.2) is 32.4 Å². The number of rotatable bonds is 5. The van der Waals surface area contributed by atoms with Crippen LogP contribution in [0, 0.1) is 0 Å². The van der Waals surface area contributed by atoms with Gasteiger partial charge in [-0.25, -0.2) is 0 Å². The summed E-state index contributed by atoms with van der Waals surface area (Å²) in [7, 11) is 4.53. The lowest BCUT2D eigenvalue weighted by Crippen LogP contribution is -2.20. The minimum absolute atomic E-state index is 0.435. The zero-order valence-corrected chi connectivity index (χ0v) is 10.6. The number of benzene rings is 1. The van der Waals surface area contributed by atoms with Gasteiger partial charge in [-0.15, -0.1) is 0 Å². The molecule has 1 aromatic carbocycles. The first kappa shape index (κ1) is 12.5. The molecule has 0 spiro atoms. The molecule has 5 heteroatoms. The lowest BCUT2D eigenvalue weighted by Gasteiger charge is -2.19. The van der Waals surface area contributed by atoms with Gasteiger partial charge in [-0.3, -0.25) is 4.79 Å². The highest BCUT2D eigenvalue weighted by atomic mass is 16.5. The number of ether oxygens (including phenoxy) is 3. The standard InChI is InChI=1S/C13H16O5/c1-16-9-5-4-8(10(17-2)11(9)18-3)13(6-7-13)12(14)15/h4-5H,6-7H2,1-3H3,(H,14,15). The Balaban J connectivity index is 2.59. The molecular formula is C13H16O5. The summed E-state index contributed by atoms with van der Waals surface area (Å²) in [6, 6.07) is 3.45. The maximum absolute atomic E-state index is 11.4. The lowest BCUT2D eigenvalue weighted by atomic mass is 9.94. The summed E-state index contributed by atoms with van der Waals surface area (Å²) in [5.74, 6) is 0.578. The van der Waals surface area contributed by atoms with Crippen LogP contribution < -0.4 is 14.2 Å². The van der Waals surface area contributed by atoms with Crippen molar-refractivity contribution in [2.45, 2.75) is 18.3 Å². The second-order valence-corrected chi connectivity index (χ2v) is 4.27. The quantitative estimate of drug-likeness (QED) is 0.866. The van der Waals surface area contributed by atoms with Crippen molar-refractivity contribution in [3.05, 3.63) is 17.7 Å². The van der Waals surface area contributed by atoms with Crippen molar-refractivity contribution in [2.75, 3.05) is 21.3 Å². The molecule has 0 radical (unpaired) electrons. The Kier molecular flexibility index (Phi) is 3.07. The molecule has 0 heterocycles. The van der Waals surface area contributed by atoms with Crippen molar-refractivity contribution in [3.63, 3.8) is 0 Å². The minimum atomic E-state index is -0.828. The predicted octanol–water partition coefficient (Wildman–Crippen LogP) is 1.83. The topological polar surface area (TPSA) is 65.0 Å². The van der Waals surface area contributed by atoms with Gasteiger partial charge in [0.2, 0.25) is 5.75 Å². The van der Waals surface area contributed by atoms with Gasteiger partial charge in [0.1, 0.15) is 0 Å². The molecular weight excluding hydrogens is 236 g/mol. The maximum atomic E-state index is 11.4. The highest BCUT2D eigenvalue weighted by Gasteiger charge is 2.54. The molecule has 0 saturated heterocycles. The minimum Gasteiger partial charge on any atom is -0.493 e. The monoisotopic (exact) mass is 252 g/mol. The Hall–Kier alpha value is -1.91. The number of hydrogen-bond acceptors (Lipinski definition) is 4. The molecule has 1 fully saturated rings. The van der Waals surface area contributed by atoms with Crippen molar-refractivity contribution < 1.29 is 24.1 Å².